The molecule has 0 aliphatic rings. The number of thioether (sulfide) groups is 1. The van der Waals surface area contributed by atoms with Crippen LogP contribution in [0.15, 0.2) is 29.4 Å². The highest BCUT2D eigenvalue weighted by Gasteiger charge is 2.17. The van der Waals surface area contributed by atoms with Gasteiger partial charge in [-0.15, -0.1) is 5.10 Å². The zero-order valence-electron chi connectivity index (χ0n) is 16.1. The molecule has 1 aromatic heterocycles. The van der Waals surface area contributed by atoms with Crippen LogP contribution in [0.1, 0.15) is 45.6 Å². The van der Waals surface area contributed by atoms with Gasteiger partial charge in [0, 0.05) is 6.54 Å². The number of hydrogen-bond acceptors (Lipinski definition) is 6. The van der Waals surface area contributed by atoms with Gasteiger partial charge < -0.3 is 10.6 Å². The first-order valence-electron chi connectivity index (χ1n) is 9.01. The van der Waals surface area contributed by atoms with Crippen molar-refractivity contribution >= 4 is 23.6 Å². The van der Waals surface area contributed by atoms with Gasteiger partial charge >= 0.3 is 0 Å². The van der Waals surface area contributed by atoms with Crippen LogP contribution in [0.4, 0.5) is 0 Å². The van der Waals surface area contributed by atoms with Crippen LogP contribution in [-0.4, -0.2) is 50.4 Å². The quantitative estimate of drug-likeness (QED) is 0.634. The zero-order valence-corrected chi connectivity index (χ0v) is 16.9. The summed E-state index contributed by atoms with van der Waals surface area (Å²) < 4.78 is 1.60. The summed E-state index contributed by atoms with van der Waals surface area (Å²) in [6.07, 6.45) is 0.850. The van der Waals surface area contributed by atoms with Crippen molar-refractivity contribution in [2.75, 3.05) is 12.3 Å². The molecule has 0 unspecified atom stereocenters. The lowest BCUT2D eigenvalue weighted by Crippen LogP contribution is -2.45. The number of amides is 2. The number of hydrogen-bond donors (Lipinski definition) is 2. The van der Waals surface area contributed by atoms with Gasteiger partial charge in [0.2, 0.25) is 17.0 Å². The van der Waals surface area contributed by atoms with Gasteiger partial charge in [0.25, 0.3) is 0 Å². The maximum Gasteiger partial charge on any atom is 0.242 e. The van der Waals surface area contributed by atoms with E-state index in [0.29, 0.717) is 17.6 Å². The number of nitrogens with zero attached hydrogens (tertiary/aromatic N) is 4. The molecule has 2 aromatic rings. The summed E-state index contributed by atoms with van der Waals surface area (Å²) in [5.41, 5.74) is 2.07. The van der Waals surface area contributed by atoms with Crippen LogP contribution in [0, 0.1) is 0 Å². The van der Waals surface area contributed by atoms with Crippen molar-refractivity contribution in [2.24, 2.45) is 0 Å². The Hall–Kier alpha value is -2.42. The first-order chi connectivity index (χ1) is 12.9. The van der Waals surface area contributed by atoms with Gasteiger partial charge in [0.1, 0.15) is 6.04 Å². The molecule has 0 fully saturated rings. The molecule has 1 heterocycles. The Morgan fingerprint density at radius 1 is 1.19 bits per heavy atom. The minimum Gasteiger partial charge on any atom is -0.354 e. The number of carbonyl (C=O) groups excluding carboxylic acids is 2. The second-order valence-electron chi connectivity index (χ2n) is 6.49. The van der Waals surface area contributed by atoms with Crippen LogP contribution >= 0.6 is 11.8 Å². The van der Waals surface area contributed by atoms with E-state index in [4.69, 9.17) is 0 Å². The largest absolute Gasteiger partial charge is 0.354 e. The first-order valence-corrected chi connectivity index (χ1v) is 9.99. The van der Waals surface area contributed by atoms with Crippen LogP contribution in [0.3, 0.4) is 0 Å². The van der Waals surface area contributed by atoms with Crippen LogP contribution in [0.25, 0.3) is 5.69 Å². The Morgan fingerprint density at radius 3 is 2.52 bits per heavy atom. The van der Waals surface area contributed by atoms with E-state index in [1.54, 1.807) is 11.6 Å². The summed E-state index contributed by atoms with van der Waals surface area (Å²) in [5, 5.41) is 17.6. The van der Waals surface area contributed by atoms with Crippen molar-refractivity contribution in [3.05, 3.63) is 29.8 Å². The predicted octanol–water partition coefficient (Wildman–Crippen LogP) is 1.91. The summed E-state index contributed by atoms with van der Waals surface area (Å²) >= 11 is 1.22. The fourth-order valence-corrected chi connectivity index (χ4v) is 3.01. The Bertz CT molecular complexity index is 759. The maximum absolute atomic E-state index is 12.1. The smallest absolute Gasteiger partial charge is 0.242 e. The van der Waals surface area contributed by atoms with E-state index in [1.165, 1.54) is 17.3 Å². The minimum atomic E-state index is -0.579. The number of tetrazole rings is 1. The summed E-state index contributed by atoms with van der Waals surface area (Å²) in [5.74, 6) is 0.131. The lowest BCUT2D eigenvalue weighted by Gasteiger charge is -2.13. The molecular weight excluding hydrogens is 364 g/mol. The van der Waals surface area contributed by atoms with Crippen molar-refractivity contribution in [3.8, 4) is 5.69 Å². The molecule has 0 aliphatic heterocycles. The highest BCUT2D eigenvalue weighted by molar-refractivity contribution is 7.99. The van der Waals surface area contributed by atoms with Crippen molar-refractivity contribution in [3.63, 3.8) is 0 Å². The lowest BCUT2D eigenvalue weighted by atomic mass is 10.0. The molecule has 1 aromatic carbocycles. The summed E-state index contributed by atoms with van der Waals surface area (Å²) in [4.78, 5) is 23.9. The Morgan fingerprint density at radius 2 is 1.89 bits per heavy atom. The van der Waals surface area contributed by atoms with E-state index in [0.717, 1.165) is 12.1 Å². The molecule has 0 spiro atoms. The number of rotatable bonds is 9. The Balaban J connectivity index is 1.92. The van der Waals surface area contributed by atoms with E-state index in [-0.39, 0.29) is 17.6 Å². The van der Waals surface area contributed by atoms with Crippen molar-refractivity contribution in [2.45, 2.75) is 51.2 Å². The molecule has 2 N–H and O–H groups in total. The van der Waals surface area contributed by atoms with E-state index in [1.807, 2.05) is 31.2 Å². The molecule has 8 nitrogen and oxygen atoms in total. The van der Waals surface area contributed by atoms with E-state index in [9.17, 15) is 9.59 Å². The van der Waals surface area contributed by atoms with Crippen LogP contribution in [-0.2, 0) is 9.59 Å². The monoisotopic (exact) mass is 390 g/mol. The number of carbonyl (C=O) groups is 2. The van der Waals surface area contributed by atoms with E-state index in [2.05, 4.69) is 40.0 Å². The van der Waals surface area contributed by atoms with Gasteiger partial charge in [-0.3, -0.25) is 9.59 Å². The molecule has 1 atom stereocenters. The Kier molecular flexibility index (Phi) is 7.78. The third kappa shape index (κ3) is 6.06. The summed E-state index contributed by atoms with van der Waals surface area (Å²) in [6.45, 7) is 8.50. The second kappa shape index (κ2) is 10.1. The highest BCUT2D eigenvalue weighted by Crippen LogP contribution is 2.20. The topological polar surface area (TPSA) is 102 Å². The molecule has 0 saturated carbocycles. The number of nitrogens with one attached hydrogen (secondary N) is 2. The molecule has 2 amide bonds. The van der Waals surface area contributed by atoms with Crippen molar-refractivity contribution in [1.82, 2.24) is 30.8 Å². The highest BCUT2D eigenvalue weighted by atomic mass is 32.2. The van der Waals surface area contributed by atoms with Gasteiger partial charge in [-0.05, 0) is 47.4 Å². The fourth-order valence-electron chi connectivity index (χ4n) is 2.31. The molecule has 2 rings (SSSR count). The minimum absolute atomic E-state index is 0.121. The third-order valence-electron chi connectivity index (χ3n) is 3.90. The molecule has 0 aliphatic carbocycles. The normalized spacial score (nSPS) is 12.0. The molecule has 0 bridgehead atoms. The van der Waals surface area contributed by atoms with Crippen molar-refractivity contribution < 1.29 is 9.59 Å². The van der Waals surface area contributed by atoms with Crippen LogP contribution < -0.4 is 10.6 Å². The first kappa shape index (κ1) is 20.9. The molecule has 0 saturated heterocycles. The summed E-state index contributed by atoms with van der Waals surface area (Å²) in [7, 11) is 0. The van der Waals surface area contributed by atoms with Gasteiger partial charge in [0.15, 0.2) is 0 Å². The van der Waals surface area contributed by atoms with E-state index >= 15 is 0 Å². The standard InChI is InChI=1S/C18H26N6O2S/c1-5-10-19-17(26)13(4)20-16(25)11-27-18-21-22-23-24(18)15-8-6-14(7-9-15)12(2)3/h6-9,12-13H,5,10-11H2,1-4H3,(H,19,26)(H,20,25)/t13-/m0/s1. The molecule has 27 heavy (non-hydrogen) atoms. The zero-order chi connectivity index (χ0) is 19.8. The van der Waals surface area contributed by atoms with Gasteiger partial charge in [-0.2, -0.15) is 4.68 Å². The molecule has 146 valence electrons. The average molecular weight is 391 g/mol. The van der Waals surface area contributed by atoms with Crippen LogP contribution in [0.5, 0.6) is 0 Å². The second-order valence-corrected chi connectivity index (χ2v) is 7.43. The Labute approximate surface area is 163 Å². The van der Waals surface area contributed by atoms with Crippen LogP contribution in [0.2, 0.25) is 0 Å². The number of aromatic nitrogens is 4. The molecule has 0 radical (unpaired) electrons. The fraction of sp³-hybridized carbons (Fsp3) is 0.500. The number of benzene rings is 1. The molecule has 9 heteroatoms. The van der Waals surface area contributed by atoms with E-state index < -0.39 is 6.04 Å². The lowest BCUT2D eigenvalue weighted by molar-refractivity contribution is -0.127. The van der Waals surface area contributed by atoms with Gasteiger partial charge in [0.05, 0.1) is 11.4 Å². The van der Waals surface area contributed by atoms with Gasteiger partial charge in [-0.1, -0.05) is 44.7 Å². The van der Waals surface area contributed by atoms with Gasteiger partial charge in [-0.25, -0.2) is 0 Å². The average Bonchev–Trinajstić information content (AvgIpc) is 3.13. The maximum atomic E-state index is 12.1. The SMILES string of the molecule is CCCNC(=O)[C@H](C)NC(=O)CSc1nnnn1-c1ccc(C(C)C)cc1. The summed E-state index contributed by atoms with van der Waals surface area (Å²) in [6, 6.07) is 7.41. The molecular formula is C18H26N6O2S. The third-order valence-corrected chi connectivity index (χ3v) is 4.82. The predicted molar refractivity (Wildman–Crippen MR) is 105 cm³/mol. The van der Waals surface area contributed by atoms with Crippen molar-refractivity contribution in [1.29, 1.82) is 0 Å².